The van der Waals surface area contributed by atoms with Crippen LogP contribution < -0.4 is 10.6 Å². The van der Waals surface area contributed by atoms with Crippen molar-refractivity contribution >= 4 is 86.0 Å². The molecular weight excluding hydrogens is 543 g/mol. The number of aromatic nitrogens is 2. The van der Waals surface area contributed by atoms with Crippen LogP contribution in [-0.2, 0) is 10.2 Å². The molecule has 1 fully saturated rings. The van der Waals surface area contributed by atoms with Crippen molar-refractivity contribution in [1.29, 1.82) is 5.26 Å². The molecule has 5 rings (SSSR count). The number of ether oxygens (including phenoxy) is 1. The summed E-state index contributed by atoms with van der Waals surface area (Å²) in [5.74, 6) is 0.300. The van der Waals surface area contributed by atoms with Crippen molar-refractivity contribution in [1.82, 2.24) is 14.9 Å². The van der Waals surface area contributed by atoms with E-state index in [1.807, 2.05) is 74.4 Å². The number of aliphatic hydroxyl groups excluding tert-OH is 1. The number of anilines is 3. The van der Waals surface area contributed by atoms with Crippen LogP contribution >= 0.6 is 0 Å². The molecule has 17 heteroatoms. The first-order valence-electron chi connectivity index (χ1n) is 15.1. The van der Waals surface area contributed by atoms with Gasteiger partial charge in [0.2, 0.25) is 5.95 Å². The van der Waals surface area contributed by atoms with E-state index in [1.54, 1.807) is 18.3 Å². The Morgan fingerprint density at radius 3 is 2.39 bits per heavy atom. The summed E-state index contributed by atoms with van der Waals surface area (Å²) < 4.78 is 6.59. The topological polar surface area (TPSA) is 123 Å². The van der Waals surface area contributed by atoms with Crippen molar-refractivity contribution in [3.05, 3.63) is 64.8 Å². The molecule has 2 aliphatic heterocycles. The van der Waals surface area contributed by atoms with Gasteiger partial charge in [0.05, 0.1) is 23.6 Å². The number of nitrogens with zero attached hydrogens (tertiary/aromatic N) is 4. The lowest BCUT2D eigenvalue weighted by Gasteiger charge is -2.68. The maximum atomic E-state index is 14.5. The number of hydrogen-bond acceptors (Lipinski definition) is 8. The molecule has 3 heterocycles. The van der Waals surface area contributed by atoms with Gasteiger partial charge in [-0.05, 0) is 59.1 Å². The average molecular weight is 579 g/mol. The highest BCUT2D eigenvalue weighted by molar-refractivity contribution is 6.60. The zero-order valence-electron chi connectivity index (χ0n) is 27.5. The normalized spacial score (nSPS) is 22.3. The number of nitrogens with one attached hydrogen (secondary N) is 2. The first-order chi connectivity index (χ1) is 20.4. The molecule has 3 aromatic rings. The second kappa shape index (κ2) is 10.6. The van der Waals surface area contributed by atoms with Crippen LogP contribution in [0.5, 0.6) is 0 Å². The van der Waals surface area contributed by atoms with Crippen molar-refractivity contribution in [3.8, 4) is 17.3 Å². The van der Waals surface area contributed by atoms with E-state index in [0.29, 0.717) is 29.3 Å². The van der Waals surface area contributed by atoms with E-state index in [9.17, 15) is 15.2 Å². The number of nitriles is 1. The standard InChI is InChI=1S/C27H36B8N6O3/c1-13-16(21(43)41-24(28,29)26(32,33)44-27(34,35)25(41,30)31)4-3-5-18(13)39-22-37-7-6-19(40-22)14-8-15(10-36)20-17(9-14)23(2,12-42)11-38-20/h3-9,38,42H,11-12,28-35H2,1-2H3,(H,37,39,40)/t23-/m1/s1. The fourth-order valence-electron chi connectivity index (χ4n) is 6.52. The van der Waals surface area contributed by atoms with Crippen LogP contribution in [-0.4, -0.2) is 123 Å². The molecule has 0 spiro atoms. The summed E-state index contributed by atoms with van der Waals surface area (Å²) in [5, 5.41) is 24.2. The molecule has 0 radical (unpaired) electrons. The van der Waals surface area contributed by atoms with E-state index in [0.717, 1.165) is 28.1 Å². The Balaban J connectivity index is 1.50. The minimum atomic E-state index is -0.601. The largest absolute Gasteiger partial charge is 0.402 e. The summed E-state index contributed by atoms with van der Waals surface area (Å²) in [6, 6.07) is 13.5. The van der Waals surface area contributed by atoms with Gasteiger partial charge in [-0.2, -0.15) is 5.26 Å². The number of hydrogen-bond donors (Lipinski definition) is 3. The molecule has 0 aliphatic carbocycles. The summed E-state index contributed by atoms with van der Waals surface area (Å²) in [4.78, 5) is 25.7. The third-order valence-corrected chi connectivity index (χ3v) is 10.5. The van der Waals surface area contributed by atoms with E-state index in [-0.39, 0.29) is 12.5 Å². The van der Waals surface area contributed by atoms with E-state index < -0.39 is 26.9 Å². The van der Waals surface area contributed by atoms with E-state index >= 15 is 0 Å². The van der Waals surface area contributed by atoms with Gasteiger partial charge in [-0.15, -0.1) is 0 Å². The lowest BCUT2D eigenvalue weighted by Crippen LogP contribution is -2.86. The quantitative estimate of drug-likeness (QED) is 0.257. The predicted molar refractivity (Wildman–Crippen MR) is 196 cm³/mol. The Kier molecular flexibility index (Phi) is 7.66. The van der Waals surface area contributed by atoms with Gasteiger partial charge in [0.15, 0.2) is 0 Å². The highest BCUT2D eigenvalue weighted by Crippen LogP contribution is 2.42. The minimum Gasteiger partial charge on any atom is -0.402 e. The number of benzene rings is 2. The Bertz CT molecular complexity index is 1690. The van der Waals surface area contributed by atoms with Crippen molar-refractivity contribution in [2.24, 2.45) is 0 Å². The zero-order chi connectivity index (χ0) is 32.5. The molecule has 2 aromatic carbocycles. The van der Waals surface area contributed by atoms with Gasteiger partial charge in [-0.1, -0.05) is 13.0 Å². The van der Waals surface area contributed by atoms with Gasteiger partial charge >= 0.3 is 0 Å². The molecular formula is C27H36B8N6O3. The zero-order valence-corrected chi connectivity index (χ0v) is 27.5. The van der Waals surface area contributed by atoms with Crippen LogP contribution in [0, 0.1) is 18.3 Å². The van der Waals surface area contributed by atoms with Crippen LogP contribution in [0.3, 0.4) is 0 Å². The molecule has 1 saturated heterocycles. The SMILES string of the molecule is BC1(B)OC(B)(B)C(B)(B)N(C(=O)c2cccc(Nc3nccc(-c4cc(C#N)c5c(c4)[C@@](C)(CO)CN5)n3)c2C)C1(B)B. The summed E-state index contributed by atoms with van der Waals surface area (Å²) in [5.41, 5.74) is 5.16. The van der Waals surface area contributed by atoms with Crippen molar-refractivity contribution < 1.29 is 14.6 Å². The van der Waals surface area contributed by atoms with Gasteiger partial charge in [-0.3, -0.25) is 4.79 Å². The summed E-state index contributed by atoms with van der Waals surface area (Å²) in [7, 11) is 16.4. The van der Waals surface area contributed by atoms with Crippen molar-refractivity contribution in [2.75, 3.05) is 23.8 Å². The third-order valence-electron chi connectivity index (χ3n) is 10.5. The lowest BCUT2D eigenvalue weighted by molar-refractivity contribution is -0.0965. The molecule has 216 valence electrons. The predicted octanol–water partition coefficient (Wildman–Crippen LogP) is -5.10. The molecule has 44 heavy (non-hydrogen) atoms. The van der Waals surface area contributed by atoms with Gasteiger partial charge in [0.1, 0.15) is 68.8 Å². The van der Waals surface area contributed by atoms with E-state index in [4.69, 9.17) is 9.72 Å². The van der Waals surface area contributed by atoms with Crippen molar-refractivity contribution in [3.63, 3.8) is 0 Å². The Labute approximate surface area is 267 Å². The molecule has 2 aliphatic rings. The van der Waals surface area contributed by atoms with Crippen molar-refractivity contribution in [2.45, 2.75) is 40.7 Å². The van der Waals surface area contributed by atoms with Crippen LogP contribution in [0.25, 0.3) is 11.3 Å². The number of morpholine rings is 1. The minimum absolute atomic E-state index is 0.0416. The highest BCUT2D eigenvalue weighted by atomic mass is 16.5. The van der Waals surface area contributed by atoms with Crippen LogP contribution in [0.4, 0.5) is 17.3 Å². The number of amides is 1. The maximum absolute atomic E-state index is 14.5. The van der Waals surface area contributed by atoms with Crippen LogP contribution in [0.15, 0.2) is 42.6 Å². The molecule has 0 saturated carbocycles. The summed E-state index contributed by atoms with van der Waals surface area (Å²) >= 11 is 0. The second-order valence-corrected chi connectivity index (χ2v) is 14.4. The number of fused-ring (bicyclic) bond motifs is 1. The number of aliphatic hydroxyl groups is 1. The molecule has 1 amide bonds. The maximum Gasteiger partial charge on any atom is 0.252 e. The smallest absolute Gasteiger partial charge is 0.252 e. The van der Waals surface area contributed by atoms with Gasteiger partial charge in [0, 0.05) is 45.8 Å². The number of carbonyl (C=O) groups excluding carboxylic acids is 1. The van der Waals surface area contributed by atoms with Crippen LogP contribution in [0.2, 0.25) is 0 Å². The third kappa shape index (κ3) is 4.87. The summed E-state index contributed by atoms with van der Waals surface area (Å²) in [6.07, 6.45) is 1.67. The second-order valence-electron chi connectivity index (χ2n) is 14.4. The van der Waals surface area contributed by atoms with Gasteiger partial charge < -0.3 is 25.4 Å². The fraction of sp³-hybridized carbons (Fsp3) is 0.333. The first kappa shape index (κ1) is 31.9. The molecule has 0 bridgehead atoms. The van der Waals surface area contributed by atoms with Gasteiger partial charge in [0.25, 0.3) is 5.91 Å². The Hall–Kier alpha value is -3.48. The first-order valence-corrected chi connectivity index (χ1v) is 15.1. The highest BCUT2D eigenvalue weighted by Gasteiger charge is 2.60. The average Bonchev–Trinajstić information content (AvgIpc) is 3.29. The van der Waals surface area contributed by atoms with Gasteiger partial charge in [-0.25, -0.2) is 9.97 Å². The Morgan fingerprint density at radius 2 is 1.77 bits per heavy atom. The fourth-order valence-corrected chi connectivity index (χ4v) is 6.52. The molecule has 1 atom stereocenters. The summed E-state index contributed by atoms with van der Waals surface area (Å²) in [6.45, 7) is 4.41. The molecule has 3 N–H and O–H groups in total. The molecule has 1 aromatic heterocycles. The molecule has 9 nitrogen and oxygen atoms in total. The molecule has 0 unspecified atom stereocenters. The monoisotopic (exact) mass is 580 g/mol. The number of rotatable bonds is 5. The van der Waals surface area contributed by atoms with E-state index in [1.165, 1.54) is 0 Å². The van der Waals surface area contributed by atoms with E-state index in [2.05, 4.69) is 53.1 Å². The number of carbonyl (C=O) groups is 1. The Morgan fingerprint density at radius 1 is 1.11 bits per heavy atom. The van der Waals surface area contributed by atoms with Crippen LogP contribution in [0.1, 0.15) is 34.0 Å². The lowest BCUT2D eigenvalue weighted by atomic mass is 9.30.